The van der Waals surface area contributed by atoms with E-state index in [9.17, 15) is 4.79 Å². The number of ether oxygens (including phenoxy) is 1. The van der Waals surface area contributed by atoms with E-state index in [-0.39, 0.29) is 5.91 Å². The Labute approximate surface area is 108 Å². The lowest BCUT2D eigenvalue weighted by Gasteiger charge is -2.06. The average Bonchev–Trinajstić information content (AvgIpc) is 2.38. The van der Waals surface area contributed by atoms with E-state index in [2.05, 4.69) is 11.9 Å². The minimum atomic E-state index is -0.108. The second kappa shape index (κ2) is 8.12. The predicted molar refractivity (Wildman–Crippen MR) is 74.5 cm³/mol. The number of hydrogen-bond donors (Lipinski definition) is 1. The summed E-state index contributed by atoms with van der Waals surface area (Å²) in [6.07, 6.45) is 5.82. The van der Waals surface area contributed by atoms with Crippen LogP contribution in [0, 0.1) is 0 Å². The van der Waals surface area contributed by atoms with E-state index >= 15 is 0 Å². The van der Waals surface area contributed by atoms with Crippen molar-refractivity contribution in [3.05, 3.63) is 48.6 Å². The number of hydrogen-bond acceptors (Lipinski definition) is 2. The Kier molecular flexibility index (Phi) is 6.33. The maximum absolute atomic E-state index is 11.5. The summed E-state index contributed by atoms with van der Waals surface area (Å²) in [6, 6.07) is 7.63. The summed E-state index contributed by atoms with van der Waals surface area (Å²) in [7, 11) is 0. The molecule has 0 heterocycles. The highest BCUT2D eigenvalue weighted by Crippen LogP contribution is 2.19. The smallest absolute Gasteiger partial charge is 0.244 e. The van der Waals surface area contributed by atoms with Crippen molar-refractivity contribution in [3.63, 3.8) is 0 Å². The van der Waals surface area contributed by atoms with Gasteiger partial charge in [0.1, 0.15) is 5.75 Å². The topological polar surface area (TPSA) is 38.3 Å². The van der Waals surface area contributed by atoms with Crippen molar-refractivity contribution in [2.75, 3.05) is 13.2 Å². The van der Waals surface area contributed by atoms with Crippen LogP contribution in [-0.4, -0.2) is 19.1 Å². The van der Waals surface area contributed by atoms with Crippen molar-refractivity contribution in [2.24, 2.45) is 0 Å². The Bertz CT molecular complexity index is 424. The Morgan fingerprint density at radius 1 is 1.44 bits per heavy atom. The second-order valence-electron chi connectivity index (χ2n) is 3.67. The minimum absolute atomic E-state index is 0.108. The highest BCUT2D eigenvalue weighted by Gasteiger charge is 1.99. The van der Waals surface area contributed by atoms with Crippen LogP contribution in [0.5, 0.6) is 5.75 Å². The van der Waals surface area contributed by atoms with Crippen LogP contribution in [0.2, 0.25) is 0 Å². The molecule has 0 aliphatic carbocycles. The largest absolute Gasteiger partial charge is 0.493 e. The summed E-state index contributed by atoms with van der Waals surface area (Å²) in [5.41, 5.74) is 0.901. The van der Waals surface area contributed by atoms with Gasteiger partial charge in [-0.2, -0.15) is 0 Å². The van der Waals surface area contributed by atoms with Crippen LogP contribution in [0.1, 0.15) is 18.9 Å². The molecule has 0 bridgehead atoms. The van der Waals surface area contributed by atoms with Gasteiger partial charge in [-0.1, -0.05) is 24.3 Å². The molecule has 3 nitrogen and oxygen atoms in total. The zero-order valence-corrected chi connectivity index (χ0v) is 10.7. The number of para-hydroxylation sites is 1. The molecule has 96 valence electrons. The number of amides is 1. The van der Waals surface area contributed by atoms with Crippen LogP contribution in [0.4, 0.5) is 0 Å². The van der Waals surface area contributed by atoms with Crippen LogP contribution in [-0.2, 0) is 4.79 Å². The first-order valence-corrected chi connectivity index (χ1v) is 6.06. The maximum Gasteiger partial charge on any atom is 0.244 e. The van der Waals surface area contributed by atoms with E-state index in [1.165, 1.54) is 6.08 Å². The molecule has 3 heteroatoms. The summed E-state index contributed by atoms with van der Waals surface area (Å²) in [4.78, 5) is 11.5. The maximum atomic E-state index is 11.5. The van der Waals surface area contributed by atoms with Gasteiger partial charge < -0.3 is 10.1 Å². The van der Waals surface area contributed by atoms with Gasteiger partial charge >= 0.3 is 0 Å². The lowest BCUT2D eigenvalue weighted by Crippen LogP contribution is -2.21. The van der Waals surface area contributed by atoms with Crippen LogP contribution >= 0.6 is 0 Å². The third-order valence-corrected chi connectivity index (χ3v) is 2.28. The predicted octanol–water partition coefficient (Wildman–Crippen LogP) is 2.79. The fraction of sp³-hybridized carbons (Fsp3) is 0.267. The first kappa shape index (κ1) is 14.0. The number of benzene rings is 1. The van der Waals surface area contributed by atoms with Crippen molar-refractivity contribution in [3.8, 4) is 5.75 Å². The fourth-order valence-corrected chi connectivity index (χ4v) is 1.43. The normalized spacial score (nSPS) is 10.3. The molecule has 0 fully saturated rings. The molecule has 0 atom stereocenters. The first-order chi connectivity index (χ1) is 8.77. The minimum Gasteiger partial charge on any atom is -0.493 e. The van der Waals surface area contributed by atoms with Crippen molar-refractivity contribution < 1.29 is 9.53 Å². The van der Waals surface area contributed by atoms with Crippen LogP contribution < -0.4 is 10.1 Å². The third kappa shape index (κ3) is 4.87. The molecular weight excluding hydrogens is 226 g/mol. The first-order valence-electron chi connectivity index (χ1n) is 6.06. The summed E-state index contributed by atoms with van der Waals surface area (Å²) in [5, 5.41) is 2.77. The van der Waals surface area contributed by atoms with Gasteiger partial charge in [0.15, 0.2) is 0 Å². The fourth-order valence-electron chi connectivity index (χ4n) is 1.43. The number of nitrogens with one attached hydrogen (secondary N) is 1. The summed E-state index contributed by atoms with van der Waals surface area (Å²) >= 11 is 0. The van der Waals surface area contributed by atoms with Gasteiger partial charge in [-0.15, -0.1) is 6.58 Å². The summed E-state index contributed by atoms with van der Waals surface area (Å²) < 4.78 is 5.47. The quantitative estimate of drug-likeness (QED) is 0.456. The van der Waals surface area contributed by atoms with Gasteiger partial charge in [-0.05, 0) is 25.5 Å². The molecule has 0 aromatic heterocycles. The molecule has 0 spiro atoms. The molecule has 0 aliphatic rings. The number of carbonyl (C=O) groups is 1. The monoisotopic (exact) mass is 245 g/mol. The molecule has 0 unspecified atom stereocenters. The van der Waals surface area contributed by atoms with Crippen LogP contribution in [0.15, 0.2) is 43.0 Å². The Morgan fingerprint density at radius 2 is 2.22 bits per heavy atom. The van der Waals surface area contributed by atoms with E-state index in [4.69, 9.17) is 4.74 Å². The van der Waals surface area contributed by atoms with Gasteiger partial charge in [-0.3, -0.25) is 4.79 Å². The summed E-state index contributed by atoms with van der Waals surface area (Å²) in [5.74, 6) is 0.679. The highest BCUT2D eigenvalue weighted by molar-refractivity contribution is 5.92. The van der Waals surface area contributed by atoms with Crippen molar-refractivity contribution in [1.82, 2.24) is 5.32 Å². The lowest BCUT2D eigenvalue weighted by molar-refractivity contribution is -0.116. The van der Waals surface area contributed by atoms with Crippen molar-refractivity contribution in [2.45, 2.75) is 13.3 Å². The zero-order valence-electron chi connectivity index (χ0n) is 10.7. The molecule has 1 aromatic rings. The second-order valence-corrected chi connectivity index (χ2v) is 3.67. The molecular formula is C15H19NO2. The van der Waals surface area contributed by atoms with Gasteiger partial charge in [0.05, 0.1) is 6.61 Å². The van der Waals surface area contributed by atoms with Crippen LogP contribution in [0.25, 0.3) is 6.08 Å². The van der Waals surface area contributed by atoms with Crippen molar-refractivity contribution in [1.29, 1.82) is 0 Å². The molecule has 1 aromatic carbocycles. The molecule has 0 saturated carbocycles. The van der Waals surface area contributed by atoms with E-state index in [1.54, 1.807) is 12.2 Å². The SMILES string of the molecule is C=CCCNC(=O)/C=C/c1ccccc1OCC. The van der Waals surface area contributed by atoms with Crippen LogP contribution in [0.3, 0.4) is 0 Å². The van der Waals surface area contributed by atoms with E-state index < -0.39 is 0 Å². The number of rotatable bonds is 7. The number of carbonyl (C=O) groups excluding carboxylic acids is 1. The van der Waals surface area contributed by atoms with Gasteiger partial charge in [0.25, 0.3) is 0 Å². The highest BCUT2D eigenvalue weighted by atomic mass is 16.5. The van der Waals surface area contributed by atoms with E-state index in [0.29, 0.717) is 13.2 Å². The third-order valence-electron chi connectivity index (χ3n) is 2.28. The Hall–Kier alpha value is -2.03. The molecule has 18 heavy (non-hydrogen) atoms. The molecule has 0 saturated heterocycles. The lowest BCUT2D eigenvalue weighted by atomic mass is 10.2. The zero-order chi connectivity index (χ0) is 13.2. The van der Waals surface area contributed by atoms with Gasteiger partial charge in [0, 0.05) is 18.2 Å². The molecule has 0 radical (unpaired) electrons. The van der Waals surface area contributed by atoms with Gasteiger partial charge in [0.2, 0.25) is 5.91 Å². The molecule has 1 rings (SSSR count). The summed E-state index contributed by atoms with van der Waals surface area (Å²) in [6.45, 7) is 6.75. The Balaban J connectivity index is 2.60. The molecule has 1 N–H and O–H groups in total. The molecule has 1 amide bonds. The van der Waals surface area contributed by atoms with E-state index in [1.807, 2.05) is 31.2 Å². The van der Waals surface area contributed by atoms with Gasteiger partial charge in [-0.25, -0.2) is 0 Å². The average molecular weight is 245 g/mol. The standard InChI is InChI=1S/C15H19NO2/c1-3-5-12-16-15(17)11-10-13-8-6-7-9-14(13)18-4-2/h3,6-11H,1,4-5,12H2,2H3,(H,16,17)/b11-10+. The van der Waals surface area contributed by atoms with Crippen molar-refractivity contribution >= 4 is 12.0 Å². The molecule has 0 aliphatic heterocycles. The van der Waals surface area contributed by atoms with E-state index in [0.717, 1.165) is 17.7 Å². The Morgan fingerprint density at radius 3 is 2.94 bits per heavy atom.